The van der Waals surface area contributed by atoms with E-state index in [-0.39, 0.29) is 5.60 Å². The summed E-state index contributed by atoms with van der Waals surface area (Å²) in [5, 5.41) is 0. The van der Waals surface area contributed by atoms with Crippen molar-refractivity contribution < 1.29 is 4.74 Å². The smallest absolute Gasteiger partial charge is 0.0753 e. The molecule has 0 aliphatic carbocycles. The molecule has 1 rings (SSSR count). The monoisotopic (exact) mass is 242 g/mol. The fourth-order valence-electron chi connectivity index (χ4n) is 2.98. The fourth-order valence-corrected chi connectivity index (χ4v) is 2.98. The standard InChI is InChI=1S/C14H30N2O/c1-11(2)8-12(3)13(9-15)16-6-7-17-14(4,5)10-16/h11-13H,6-10,15H2,1-5H3. The van der Waals surface area contributed by atoms with E-state index in [9.17, 15) is 0 Å². The van der Waals surface area contributed by atoms with E-state index in [1.54, 1.807) is 0 Å². The molecule has 2 atom stereocenters. The highest BCUT2D eigenvalue weighted by Gasteiger charge is 2.32. The number of nitrogens with two attached hydrogens (primary N) is 1. The van der Waals surface area contributed by atoms with Crippen LogP contribution in [0.5, 0.6) is 0 Å². The number of hydrogen-bond donors (Lipinski definition) is 1. The van der Waals surface area contributed by atoms with Crippen LogP contribution in [0, 0.1) is 11.8 Å². The Kier molecular flexibility index (Phi) is 5.42. The van der Waals surface area contributed by atoms with Crippen LogP contribution >= 0.6 is 0 Å². The van der Waals surface area contributed by atoms with Crippen LogP contribution < -0.4 is 5.73 Å². The third-order valence-corrected chi connectivity index (χ3v) is 3.67. The number of ether oxygens (including phenoxy) is 1. The zero-order valence-electron chi connectivity index (χ0n) is 12.2. The molecule has 102 valence electrons. The van der Waals surface area contributed by atoms with Crippen LogP contribution in [0.4, 0.5) is 0 Å². The van der Waals surface area contributed by atoms with Crippen molar-refractivity contribution in [1.82, 2.24) is 4.90 Å². The van der Waals surface area contributed by atoms with Crippen LogP contribution in [0.1, 0.15) is 41.0 Å². The molecule has 17 heavy (non-hydrogen) atoms. The topological polar surface area (TPSA) is 38.5 Å². The Balaban J connectivity index is 2.60. The zero-order chi connectivity index (χ0) is 13.1. The van der Waals surface area contributed by atoms with Gasteiger partial charge in [0.15, 0.2) is 0 Å². The van der Waals surface area contributed by atoms with Crippen LogP contribution in [-0.2, 0) is 4.74 Å². The van der Waals surface area contributed by atoms with E-state index >= 15 is 0 Å². The maximum atomic E-state index is 5.99. The second kappa shape index (κ2) is 6.17. The van der Waals surface area contributed by atoms with Crippen molar-refractivity contribution in [2.24, 2.45) is 17.6 Å². The quantitative estimate of drug-likeness (QED) is 0.802. The van der Waals surface area contributed by atoms with Crippen molar-refractivity contribution >= 4 is 0 Å². The van der Waals surface area contributed by atoms with E-state index in [0.717, 1.165) is 32.2 Å². The molecule has 0 saturated carbocycles. The van der Waals surface area contributed by atoms with Crippen molar-refractivity contribution in [1.29, 1.82) is 0 Å². The second-order valence-corrected chi connectivity index (χ2v) is 6.49. The lowest BCUT2D eigenvalue weighted by atomic mass is 9.90. The first-order chi connectivity index (χ1) is 7.85. The Morgan fingerprint density at radius 1 is 1.29 bits per heavy atom. The Bertz CT molecular complexity index is 228. The van der Waals surface area contributed by atoms with Crippen molar-refractivity contribution in [3.8, 4) is 0 Å². The van der Waals surface area contributed by atoms with Crippen molar-refractivity contribution in [2.75, 3.05) is 26.2 Å². The lowest BCUT2D eigenvalue weighted by molar-refractivity contribution is -0.102. The zero-order valence-corrected chi connectivity index (χ0v) is 12.2. The third kappa shape index (κ3) is 4.57. The average molecular weight is 242 g/mol. The van der Waals surface area contributed by atoms with Gasteiger partial charge in [-0.25, -0.2) is 0 Å². The van der Waals surface area contributed by atoms with Gasteiger partial charge in [0.25, 0.3) is 0 Å². The Labute approximate surface area is 107 Å². The summed E-state index contributed by atoms with van der Waals surface area (Å²) >= 11 is 0. The van der Waals surface area contributed by atoms with Gasteiger partial charge in [-0.2, -0.15) is 0 Å². The molecule has 1 saturated heterocycles. The van der Waals surface area contributed by atoms with Gasteiger partial charge in [0.1, 0.15) is 0 Å². The highest BCUT2D eigenvalue weighted by atomic mass is 16.5. The summed E-state index contributed by atoms with van der Waals surface area (Å²) in [6, 6.07) is 0.501. The molecule has 0 aromatic heterocycles. The first kappa shape index (κ1) is 14.9. The average Bonchev–Trinajstić information content (AvgIpc) is 2.15. The molecule has 3 heteroatoms. The highest BCUT2D eigenvalue weighted by molar-refractivity contribution is 4.86. The maximum absolute atomic E-state index is 5.99. The lowest BCUT2D eigenvalue weighted by Gasteiger charge is -2.44. The van der Waals surface area contributed by atoms with Crippen LogP contribution in [-0.4, -0.2) is 42.8 Å². The summed E-state index contributed by atoms with van der Waals surface area (Å²) in [6.45, 7) is 14.8. The van der Waals surface area contributed by atoms with Gasteiger partial charge in [-0.3, -0.25) is 4.90 Å². The van der Waals surface area contributed by atoms with Gasteiger partial charge in [-0.05, 0) is 32.1 Å². The van der Waals surface area contributed by atoms with Gasteiger partial charge in [0.05, 0.1) is 12.2 Å². The van der Waals surface area contributed by atoms with E-state index in [4.69, 9.17) is 10.5 Å². The van der Waals surface area contributed by atoms with Crippen LogP contribution in [0.2, 0.25) is 0 Å². The first-order valence-corrected chi connectivity index (χ1v) is 6.94. The minimum Gasteiger partial charge on any atom is -0.373 e. The molecule has 0 aromatic carbocycles. The van der Waals surface area contributed by atoms with Crippen LogP contribution in [0.3, 0.4) is 0 Å². The molecule has 2 unspecified atom stereocenters. The molecule has 0 spiro atoms. The predicted octanol–water partition coefficient (Wildman–Crippen LogP) is 2.11. The van der Waals surface area contributed by atoms with Crippen LogP contribution in [0.15, 0.2) is 0 Å². The van der Waals surface area contributed by atoms with E-state index in [2.05, 4.69) is 39.5 Å². The molecule has 0 radical (unpaired) electrons. The normalized spacial score (nSPS) is 24.9. The van der Waals surface area contributed by atoms with Gasteiger partial charge < -0.3 is 10.5 Å². The summed E-state index contributed by atoms with van der Waals surface area (Å²) in [5.41, 5.74) is 5.96. The van der Waals surface area contributed by atoms with Crippen molar-refractivity contribution in [3.05, 3.63) is 0 Å². The van der Waals surface area contributed by atoms with Crippen molar-refractivity contribution in [2.45, 2.75) is 52.7 Å². The van der Waals surface area contributed by atoms with E-state index in [0.29, 0.717) is 12.0 Å². The summed E-state index contributed by atoms with van der Waals surface area (Å²) in [7, 11) is 0. The highest BCUT2D eigenvalue weighted by Crippen LogP contribution is 2.24. The van der Waals surface area contributed by atoms with Gasteiger partial charge in [0.2, 0.25) is 0 Å². The SMILES string of the molecule is CC(C)CC(C)C(CN)N1CCOC(C)(C)C1. The van der Waals surface area contributed by atoms with E-state index in [1.165, 1.54) is 6.42 Å². The number of morpholine rings is 1. The summed E-state index contributed by atoms with van der Waals surface area (Å²) in [5.74, 6) is 1.40. The molecule has 0 amide bonds. The van der Waals surface area contributed by atoms with Crippen molar-refractivity contribution in [3.63, 3.8) is 0 Å². The first-order valence-electron chi connectivity index (χ1n) is 6.94. The molecule has 2 N–H and O–H groups in total. The number of rotatable bonds is 5. The molecule has 0 aromatic rings. The predicted molar refractivity (Wildman–Crippen MR) is 73.1 cm³/mol. The molecule has 3 nitrogen and oxygen atoms in total. The van der Waals surface area contributed by atoms with E-state index < -0.39 is 0 Å². The Morgan fingerprint density at radius 2 is 1.94 bits per heavy atom. The van der Waals surface area contributed by atoms with Gasteiger partial charge in [-0.15, -0.1) is 0 Å². The summed E-state index contributed by atoms with van der Waals surface area (Å²) < 4.78 is 5.77. The van der Waals surface area contributed by atoms with Crippen LogP contribution in [0.25, 0.3) is 0 Å². The minimum atomic E-state index is -0.0246. The number of nitrogens with zero attached hydrogens (tertiary/aromatic N) is 1. The molecule has 1 aliphatic heterocycles. The van der Waals surface area contributed by atoms with Gasteiger partial charge in [-0.1, -0.05) is 20.8 Å². The van der Waals surface area contributed by atoms with Gasteiger partial charge >= 0.3 is 0 Å². The molecule has 1 aliphatic rings. The molecular weight excluding hydrogens is 212 g/mol. The third-order valence-electron chi connectivity index (χ3n) is 3.67. The fraction of sp³-hybridized carbons (Fsp3) is 1.00. The lowest BCUT2D eigenvalue weighted by Crippen LogP contribution is -2.56. The minimum absolute atomic E-state index is 0.0246. The largest absolute Gasteiger partial charge is 0.373 e. The summed E-state index contributed by atoms with van der Waals surface area (Å²) in [4.78, 5) is 2.52. The molecule has 1 heterocycles. The Hall–Kier alpha value is -0.120. The molecule has 0 bridgehead atoms. The number of hydrogen-bond acceptors (Lipinski definition) is 3. The second-order valence-electron chi connectivity index (χ2n) is 6.49. The van der Waals surface area contributed by atoms with E-state index in [1.807, 2.05) is 0 Å². The van der Waals surface area contributed by atoms with Gasteiger partial charge in [0, 0.05) is 25.7 Å². The Morgan fingerprint density at radius 3 is 2.41 bits per heavy atom. The summed E-state index contributed by atoms with van der Waals surface area (Å²) in [6.07, 6.45) is 1.25. The molecular formula is C14H30N2O. The maximum Gasteiger partial charge on any atom is 0.0753 e. The molecule has 1 fully saturated rings.